The number of amides is 1. The van der Waals surface area contributed by atoms with Gasteiger partial charge in [0.25, 0.3) is 11.5 Å². The Bertz CT molecular complexity index is 854. The molecule has 0 aliphatic carbocycles. The first-order valence-corrected chi connectivity index (χ1v) is 7.37. The van der Waals surface area contributed by atoms with E-state index in [1.54, 1.807) is 29.7 Å². The van der Waals surface area contributed by atoms with Crippen molar-refractivity contribution in [2.75, 3.05) is 5.32 Å². The molecule has 2 heterocycles. The van der Waals surface area contributed by atoms with Crippen LogP contribution in [0.25, 0.3) is 10.6 Å². The summed E-state index contributed by atoms with van der Waals surface area (Å²) in [5.74, 6) is -0.363. The van der Waals surface area contributed by atoms with Gasteiger partial charge >= 0.3 is 0 Å². The van der Waals surface area contributed by atoms with E-state index >= 15 is 0 Å². The summed E-state index contributed by atoms with van der Waals surface area (Å²) in [6.45, 7) is 0. The first-order chi connectivity index (χ1) is 10.6. The molecular formula is C15H12N4O2S. The van der Waals surface area contributed by atoms with E-state index in [1.165, 1.54) is 19.2 Å². The van der Waals surface area contributed by atoms with E-state index in [1.807, 2.05) is 17.5 Å². The lowest BCUT2D eigenvalue weighted by molar-refractivity contribution is 0.102. The van der Waals surface area contributed by atoms with E-state index in [-0.39, 0.29) is 17.2 Å². The van der Waals surface area contributed by atoms with Crippen LogP contribution in [-0.2, 0) is 7.05 Å². The van der Waals surface area contributed by atoms with Gasteiger partial charge in [0.1, 0.15) is 10.7 Å². The number of hydrogen-bond donors (Lipinski definition) is 1. The highest BCUT2D eigenvalue weighted by Gasteiger charge is 2.09. The second kappa shape index (κ2) is 5.90. The molecule has 0 radical (unpaired) electrons. The Morgan fingerprint density at radius 3 is 2.59 bits per heavy atom. The average Bonchev–Trinajstić information content (AvgIpc) is 3.05. The Morgan fingerprint density at radius 1 is 1.18 bits per heavy atom. The predicted molar refractivity (Wildman–Crippen MR) is 85.0 cm³/mol. The zero-order chi connectivity index (χ0) is 15.5. The monoisotopic (exact) mass is 312 g/mol. The second-order valence-corrected chi connectivity index (χ2v) is 5.44. The fourth-order valence-electron chi connectivity index (χ4n) is 1.88. The molecule has 0 unspecified atom stereocenters. The Balaban J connectivity index is 1.76. The third kappa shape index (κ3) is 2.94. The number of hydrogen-bond acceptors (Lipinski definition) is 5. The van der Waals surface area contributed by atoms with E-state index in [9.17, 15) is 9.59 Å². The summed E-state index contributed by atoms with van der Waals surface area (Å²) in [6.07, 6.45) is 1.75. The molecule has 1 amide bonds. The van der Waals surface area contributed by atoms with Gasteiger partial charge in [-0.1, -0.05) is 0 Å². The van der Waals surface area contributed by atoms with Gasteiger partial charge in [0.15, 0.2) is 0 Å². The van der Waals surface area contributed by atoms with Crippen molar-refractivity contribution < 1.29 is 4.79 Å². The molecular weight excluding hydrogens is 300 g/mol. The molecule has 6 nitrogen and oxygen atoms in total. The summed E-state index contributed by atoms with van der Waals surface area (Å²) in [7, 11) is 1.50. The molecule has 0 aliphatic heterocycles. The zero-order valence-electron chi connectivity index (χ0n) is 11.7. The van der Waals surface area contributed by atoms with Gasteiger partial charge in [0.05, 0.1) is 0 Å². The molecule has 7 heteroatoms. The van der Waals surface area contributed by atoms with E-state index in [0.717, 1.165) is 15.3 Å². The zero-order valence-corrected chi connectivity index (χ0v) is 12.5. The molecule has 1 N–H and O–H groups in total. The molecule has 1 aromatic carbocycles. The molecule has 0 bridgehead atoms. The molecule has 0 spiro atoms. The average molecular weight is 312 g/mol. The molecule has 3 aromatic rings. The van der Waals surface area contributed by atoms with Crippen molar-refractivity contribution >= 4 is 22.9 Å². The number of carbonyl (C=O) groups excluding carboxylic acids is 1. The molecule has 0 saturated heterocycles. The number of thiazole rings is 1. The van der Waals surface area contributed by atoms with Crippen LogP contribution in [0.4, 0.5) is 5.69 Å². The highest BCUT2D eigenvalue weighted by molar-refractivity contribution is 7.13. The van der Waals surface area contributed by atoms with Gasteiger partial charge in [-0.15, -0.1) is 11.3 Å². The number of benzene rings is 1. The molecule has 0 atom stereocenters. The Hall–Kier alpha value is -2.80. The van der Waals surface area contributed by atoms with Gasteiger partial charge in [-0.25, -0.2) is 9.67 Å². The Kier molecular flexibility index (Phi) is 3.80. The van der Waals surface area contributed by atoms with Gasteiger partial charge in [-0.3, -0.25) is 9.59 Å². The van der Waals surface area contributed by atoms with E-state index in [2.05, 4.69) is 15.4 Å². The summed E-state index contributed by atoms with van der Waals surface area (Å²) in [4.78, 5) is 27.6. The SMILES string of the molecule is Cn1nc(C(=O)Nc2ccc(-c3nccs3)cc2)ccc1=O. The third-order valence-corrected chi connectivity index (χ3v) is 3.84. The van der Waals surface area contributed by atoms with Gasteiger partial charge in [0.2, 0.25) is 0 Å². The van der Waals surface area contributed by atoms with Crippen LogP contribution in [0.2, 0.25) is 0 Å². The smallest absolute Gasteiger partial charge is 0.276 e. The maximum absolute atomic E-state index is 12.1. The molecule has 3 rings (SSSR count). The first-order valence-electron chi connectivity index (χ1n) is 6.49. The van der Waals surface area contributed by atoms with Crippen LogP contribution < -0.4 is 10.9 Å². The van der Waals surface area contributed by atoms with Gasteiger partial charge in [-0.05, 0) is 30.3 Å². The summed E-state index contributed by atoms with van der Waals surface area (Å²) in [5, 5.41) is 9.50. The Morgan fingerprint density at radius 2 is 1.95 bits per heavy atom. The molecule has 0 aliphatic rings. The van der Waals surface area contributed by atoms with Crippen LogP contribution in [-0.4, -0.2) is 20.7 Å². The van der Waals surface area contributed by atoms with E-state index in [0.29, 0.717) is 5.69 Å². The number of rotatable bonds is 3. The molecule has 22 heavy (non-hydrogen) atoms. The van der Waals surface area contributed by atoms with Crippen molar-refractivity contribution in [3.05, 3.63) is 64.0 Å². The highest BCUT2D eigenvalue weighted by Crippen LogP contribution is 2.23. The lowest BCUT2D eigenvalue weighted by atomic mass is 10.2. The van der Waals surface area contributed by atoms with E-state index < -0.39 is 0 Å². The first kappa shape index (κ1) is 14.2. The fraction of sp³-hybridized carbons (Fsp3) is 0.0667. The van der Waals surface area contributed by atoms with Crippen LogP contribution in [0.3, 0.4) is 0 Å². The second-order valence-electron chi connectivity index (χ2n) is 4.55. The van der Waals surface area contributed by atoms with Crippen molar-refractivity contribution in [2.45, 2.75) is 0 Å². The normalized spacial score (nSPS) is 10.4. The molecule has 110 valence electrons. The number of aromatic nitrogens is 3. The minimum Gasteiger partial charge on any atom is -0.321 e. The summed E-state index contributed by atoms with van der Waals surface area (Å²) in [5.41, 5.74) is 1.57. The lowest BCUT2D eigenvalue weighted by Crippen LogP contribution is -2.23. The van der Waals surface area contributed by atoms with Crippen molar-refractivity contribution in [3.8, 4) is 10.6 Å². The third-order valence-electron chi connectivity index (χ3n) is 3.02. The number of nitrogens with zero attached hydrogens (tertiary/aromatic N) is 3. The maximum atomic E-state index is 12.1. The van der Waals surface area contributed by atoms with Crippen molar-refractivity contribution in [1.82, 2.24) is 14.8 Å². The number of carbonyl (C=O) groups is 1. The van der Waals surface area contributed by atoms with Gasteiger partial charge in [-0.2, -0.15) is 5.10 Å². The molecule has 0 saturated carbocycles. The van der Waals surface area contributed by atoms with Crippen LogP contribution in [0, 0.1) is 0 Å². The van der Waals surface area contributed by atoms with Crippen molar-refractivity contribution in [2.24, 2.45) is 7.05 Å². The van der Waals surface area contributed by atoms with Crippen LogP contribution in [0.15, 0.2) is 52.8 Å². The van der Waals surface area contributed by atoms with Gasteiger partial charge < -0.3 is 5.32 Å². The van der Waals surface area contributed by atoms with E-state index in [4.69, 9.17) is 0 Å². The maximum Gasteiger partial charge on any atom is 0.276 e. The Labute approximate surface area is 130 Å². The number of nitrogens with one attached hydrogen (secondary N) is 1. The summed E-state index contributed by atoms with van der Waals surface area (Å²) >= 11 is 1.55. The molecule has 0 fully saturated rings. The van der Waals surface area contributed by atoms with Crippen molar-refractivity contribution in [3.63, 3.8) is 0 Å². The predicted octanol–water partition coefficient (Wildman–Crippen LogP) is 2.16. The number of anilines is 1. The summed E-state index contributed by atoms with van der Waals surface area (Å²) in [6, 6.07) is 10.1. The van der Waals surface area contributed by atoms with Crippen LogP contribution >= 0.6 is 11.3 Å². The largest absolute Gasteiger partial charge is 0.321 e. The minimum atomic E-state index is -0.363. The van der Waals surface area contributed by atoms with Crippen LogP contribution in [0.1, 0.15) is 10.5 Å². The minimum absolute atomic E-state index is 0.186. The topological polar surface area (TPSA) is 76.9 Å². The van der Waals surface area contributed by atoms with Gasteiger partial charge in [0, 0.05) is 35.9 Å². The standard InChI is InChI=1S/C15H12N4O2S/c1-19-13(20)7-6-12(18-19)14(21)17-11-4-2-10(3-5-11)15-16-8-9-22-15/h2-9H,1H3,(H,17,21). The van der Waals surface area contributed by atoms with Crippen LogP contribution in [0.5, 0.6) is 0 Å². The number of aryl methyl sites for hydroxylation is 1. The molecule has 2 aromatic heterocycles. The fourth-order valence-corrected chi connectivity index (χ4v) is 2.53. The lowest BCUT2D eigenvalue weighted by Gasteiger charge is -2.06. The van der Waals surface area contributed by atoms with Crippen molar-refractivity contribution in [1.29, 1.82) is 0 Å². The summed E-state index contributed by atoms with van der Waals surface area (Å²) < 4.78 is 1.13. The quantitative estimate of drug-likeness (QED) is 0.804. The highest BCUT2D eigenvalue weighted by atomic mass is 32.1.